The molecule has 0 saturated carbocycles. The number of aliphatic imine (C=N–C) groups is 1. The molecule has 0 aromatic heterocycles. The average Bonchev–Trinajstić information content (AvgIpc) is 2.54. The maximum absolute atomic E-state index is 11.8. The summed E-state index contributed by atoms with van der Waals surface area (Å²) in [6.07, 6.45) is 1.73. The summed E-state index contributed by atoms with van der Waals surface area (Å²) in [5, 5.41) is 3.17. The molecule has 1 amide bonds. The lowest BCUT2D eigenvalue weighted by Gasteiger charge is -2.17. The normalized spacial score (nSPS) is 13.0. The Hall–Kier alpha value is -1.26. The minimum Gasteiger partial charge on any atom is -0.350 e. The molecule has 0 fully saturated rings. The van der Waals surface area contributed by atoms with Crippen LogP contribution in [0.3, 0.4) is 0 Å². The van der Waals surface area contributed by atoms with Gasteiger partial charge in [-0.1, -0.05) is 88.9 Å². The van der Waals surface area contributed by atoms with Crippen LogP contribution in [0, 0.1) is 0 Å². The van der Waals surface area contributed by atoms with Crippen LogP contribution in [0.2, 0.25) is 5.02 Å². The van der Waals surface area contributed by atoms with Crippen molar-refractivity contribution in [3.63, 3.8) is 0 Å². The Labute approximate surface area is 160 Å². The number of nitrogens with zero attached hydrogens (tertiary/aromatic N) is 1. The molecule has 126 valence electrons. The lowest BCUT2D eigenvalue weighted by Crippen LogP contribution is -2.36. The number of halogens is 4. The third-order valence-corrected chi connectivity index (χ3v) is 3.90. The van der Waals surface area contributed by atoms with Crippen LogP contribution in [0.4, 0.5) is 0 Å². The van der Waals surface area contributed by atoms with Gasteiger partial charge < -0.3 is 5.32 Å². The number of carbonyl (C=O) groups is 1. The number of nitrogens with one attached hydrogen (secondary N) is 1. The molecule has 3 nitrogen and oxygen atoms in total. The summed E-state index contributed by atoms with van der Waals surface area (Å²) < 4.78 is -2.01. The summed E-state index contributed by atoms with van der Waals surface area (Å²) in [7, 11) is 0. The van der Waals surface area contributed by atoms with Crippen LogP contribution in [0.5, 0.6) is 0 Å². The number of hydrogen-bond donors (Lipinski definition) is 1. The highest BCUT2D eigenvalue weighted by molar-refractivity contribution is 6.76. The van der Waals surface area contributed by atoms with Crippen molar-refractivity contribution in [3.8, 4) is 0 Å². The molecule has 2 rings (SSSR count). The van der Waals surface area contributed by atoms with Gasteiger partial charge in [-0.2, -0.15) is 0 Å². The Balaban J connectivity index is 2.18. The zero-order valence-corrected chi connectivity index (χ0v) is 15.4. The van der Waals surface area contributed by atoms with Gasteiger partial charge in [-0.25, -0.2) is 0 Å². The van der Waals surface area contributed by atoms with E-state index in [1.165, 1.54) is 0 Å². The van der Waals surface area contributed by atoms with Crippen LogP contribution in [0.25, 0.3) is 0 Å². The highest BCUT2D eigenvalue weighted by Gasteiger charge is 2.30. The third kappa shape index (κ3) is 5.99. The highest BCUT2D eigenvalue weighted by atomic mass is 35.6. The highest BCUT2D eigenvalue weighted by Crippen LogP contribution is 2.26. The molecule has 1 atom stereocenters. The third-order valence-electron chi connectivity index (χ3n) is 3.15. The van der Waals surface area contributed by atoms with Crippen LogP contribution in [-0.2, 0) is 4.79 Å². The van der Waals surface area contributed by atoms with Gasteiger partial charge in [0.2, 0.25) is 0 Å². The zero-order chi connectivity index (χ0) is 17.6. The maximum atomic E-state index is 11.8. The summed E-state index contributed by atoms with van der Waals surface area (Å²) in [6, 6.07) is 16.5. The molecule has 0 aliphatic rings. The molecule has 7 heteroatoms. The first kappa shape index (κ1) is 19.1. The van der Waals surface area contributed by atoms with Crippen LogP contribution in [-0.4, -0.2) is 22.5 Å². The lowest BCUT2D eigenvalue weighted by molar-refractivity contribution is -0.120. The van der Waals surface area contributed by atoms with Crippen LogP contribution in [0.15, 0.2) is 59.6 Å². The van der Waals surface area contributed by atoms with E-state index in [1.807, 2.05) is 42.5 Å². The molecule has 0 saturated heterocycles. The molecule has 2 aromatic rings. The van der Waals surface area contributed by atoms with Crippen LogP contribution >= 0.6 is 46.4 Å². The van der Waals surface area contributed by atoms with Gasteiger partial charge >= 0.3 is 0 Å². The second kappa shape index (κ2) is 8.72. The van der Waals surface area contributed by atoms with Crippen LogP contribution in [0.1, 0.15) is 17.2 Å². The molecule has 0 bridgehead atoms. The fourth-order valence-corrected chi connectivity index (χ4v) is 2.37. The van der Waals surface area contributed by atoms with Gasteiger partial charge in [0.1, 0.15) is 0 Å². The van der Waals surface area contributed by atoms with E-state index >= 15 is 0 Å². The summed E-state index contributed by atoms with van der Waals surface area (Å²) in [5.74, 6) is -0.700. The summed E-state index contributed by atoms with van der Waals surface area (Å²) >= 11 is 22.8. The Morgan fingerprint density at radius 1 is 1.12 bits per heavy atom. The second-order valence-corrected chi connectivity index (χ2v) is 7.69. The predicted octanol–water partition coefficient (Wildman–Crippen LogP) is 4.99. The van der Waals surface area contributed by atoms with Gasteiger partial charge in [0.15, 0.2) is 0 Å². The first-order valence-electron chi connectivity index (χ1n) is 7.05. The molecular formula is C17H14Cl4N2O. The molecule has 0 aliphatic carbocycles. The van der Waals surface area contributed by atoms with E-state index in [1.54, 1.807) is 18.3 Å². The molecule has 24 heavy (non-hydrogen) atoms. The monoisotopic (exact) mass is 402 g/mol. The number of alkyl halides is 3. The van der Waals surface area contributed by atoms with E-state index in [-0.39, 0.29) is 12.6 Å². The lowest BCUT2D eigenvalue weighted by atomic mass is 10.1. The van der Waals surface area contributed by atoms with Gasteiger partial charge in [0.25, 0.3) is 9.70 Å². The van der Waals surface area contributed by atoms with E-state index in [9.17, 15) is 4.79 Å². The standard InChI is InChI=1S/C17H14Cl4N2O/c18-14-8-4-7-13(9-14)15(11-23-16(24)17(19,20)21)22-10-12-5-2-1-3-6-12/h1-10,15H,11H2,(H,23,24). The van der Waals surface area contributed by atoms with Crippen molar-refractivity contribution in [1.82, 2.24) is 5.32 Å². The minimum absolute atomic E-state index is 0.177. The van der Waals surface area contributed by atoms with E-state index in [4.69, 9.17) is 46.4 Å². The van der Waals surface area contributed by atoms with Crippen molar-refractivity contribution in [3.05, 3.63) is 70.7 Å². The number of rotatable bonds is 5. The van der Waals surface area contributed by atoms with E-state index < -0.39 is 9.70 Å². The summed E-state index contributed by atoms with van der Waals surface area (Å²) in [4.78, 5) is 16.3. The van der Waals surface area contributed by atoms with Gasteiger partial charge in [0.05, 0.1) is 6.04 Å². The first-order valence-corrected chi connectivity index (χ1v) is 8.56. The average molecular weight is 404 g/mol. The Kier molecular flexibility index (Phi) is 6.93. The molecule has 1 unspecified atom stereocenters. The zero-order valence-electron chi connectivity index (χ0n) is 12.4. The van der Waals surface area contributed by atoms with Crippen molar-refractivity contribution in [1.29, 1.82) is 0 Å². The Bertz CT molecular complexity index is 714. The largest absolute Gasteiger partial charge is 0.350 e. The SMILES string of the molecule is O=C(NCC(N=Cc1ccccc1)c1cccc(Cl)c1)C(Cl)(Cl)Cl. The molecule has 1 N–H and O–H groups in total. The Morgan fingerprint density at radius 3 is 2.46 bits per heavy atom. The topological polar surface area (TPSA) is 41.5 Å². The van der Waals surface area contributed by atoms with Crippen molar-refractivity contribution >= 4 is 58.5 Å². The fraction of sp³-hybridized carbons (Fsp3) is 0.176. The van der Waals surface area contributed by atoms with Gasteiger partial charge in [-0.3, -0.25) is 9.79 Å². The molecule has 0 aliphatic heterocycles. The van der Waals surface area contributed by atoms with Crippen molar-refractivity contribution in [2.45, 2.75) is 9.83 Å². The van der Waals surface area contributed by atoms with Crippen molar-refractivity contribution in [2.75, 3.05) is 6.54 Å². The molecule has 0 radical (unpaired) electrons. The van der Waals surface area contributed by atoms with Gasteiger partial charge in [-0.15, -0.1) is 0 Å². The maximum Gasteiger partial charge on any atom is 0.272 e. The quantitative estimate of drug-likeness (QED) is 0.554. The summed E-state index contributed by atoms with van der Waals surface area (Å²) in [6.45, 7) is 0.177. The first-order chi connectivity index (χ1) is 11.4. The second-order valence-electron chi connectivity index (χ2n) is 4.97. The number of hydrogen-bond acceptors (Lipinski definition) is 2. The van der Waals surface area contributed by atoms with Gasteiger partial charge in [-0.05, 0) is 23.3 Å². The fourth-order valence-electron chi connectivity index (χ4n) is 1.98. The number of benzene rings is 2. The molecule has 0 spiro atoms. The number of carbonyl (C=O) groups excluding carboxylic acids is 1. The molecule has 2 aromatic carbocycles. The molecule has 0 heterocycles. The predicted molar refractivity (Wildman–Crippen MR) is 102 cm³/mol. The van der Waals surface area contributed by atoms with Crippen molar-refractivity contribution in [2.24, 2.45) is 4.99 Å². The van der Waals surface area contributed by atoms with Crippen LogP contribution < -0.4 is 5.32 Å². The Morgan fingerprint density at radius 2 is 1.83 bits per heavy atom. The smallest absolute Gasteiger partial charge is 0.272 e. The number of amides is 1. The van der Waals surface area contributed by atoms with E-state index in [2.05, 4.69) is 10.3 Å². The van der Waals surface area contributed by atoms with E-state index in [0.717, 1.165) is 11.1 Å². The van der Waals surface area contributed by atoms with Gasteiger partial charge in [0, 0.05) is 17.8 Å². The van der Waals surface area contributed by atoms with Crippen molar-refractivity contribution < 1.29 is 4.79 Å². The van der Waals surface area contributed by atoms with E-state index in [0.29, 0.717) is 5.02 Å². The minimum atomic E-state index is -2.01. The molecular weight excluding hydrogens is 390 g/mol. The summed E-state index contributed by atoms with van der Waals surface area (Å²) in [5.41, 5.74) is 1.79.